The van der Waals surface area contributed by atoms with Crippen LogP contribution in [-0.2, 0) is 6.54 Å². The van der Waals surface area contributed by atoms with Gasteiger partial charge in [-0.15, -0.1) is 0 Å². The van der Waals surface area contributed by atoms with E-state index >= 15 is 0 Å². The smallest absolute Gasteiger partial charge is 0.0959 e. The maximum absolute atomic E-state index is 10.6. The summed E-state index contributed by atoms with van der Waals surface area (Å²) in [7, 11) is 0. The molecule has 1 aromatic heterocycles. The Bertz CT molecular complexity index is 897. The summed E-state index contributed by atoms with van der Waals surface area (Å²) in [5.41, 5.74) is 5.90. The number of rotatable bonds is 5. The summed E-state index contributed by atoms with van der Waals surface area (Å²) in [6.07, 6.45) is 1.45. The first-order valence-electron chi connectivity index (χ1n) is 9.72. The molecule has 0 amide bonds. The molecule has 1 saturated heterocycles. The Balaban J connectivity index is 1.34. The zero-order valence-electron chi connectivity index (χ0n) is 16.2. The lowest BCUT2D eigenvalue weighted by Gasteiger charge is -2.37. The van der Waals surface area contributed by atoms with Gasteiger partial charge in [-0.05, 0) is 49.2 Å². The van der Waals surface area contributed by atoms with Gasteiger partial charge in [-0.1, -0.05) is 18.2 Å². The maximum atomic E-state index is 10.6. The number of aromatic nitrogens is 2. The monoisotopic (exact) mass is 364 g/mol. The van der Waals surface area contributed by atoms with Gasteiger partial charge in [0.1, 0.15) is 0 Å². The number of aliphatic hydroxyl groups excluding tert-OH is 1. The number of hydrogen-bond acceptors (Lipinski definition) is 4. The first-order chi connectivity index (χ1) is 13.1. The van der Waals surface area contributed by atoms with Gasteiger partial charge < -0.3 is 14.6 Å². The number of β-amino-alcohol motifs (C(OH)–C–C–N with tert-alkyl or cyclic N) is 1. The summed E-state index contributed by atoms with van der Waals surface area (Å²) in [5.74, 6) is 0. The Labute approximate surface area is 160 Å². The van der Waals surface area contributed by atoms with E-state index in [1.807, 2.05) is 6.33 Å². The molecule has 5 heteroatoms. The molecule has 1 atom stereocenters. The SMILES string of the molecule is Cc1cc2ncn(C[C@H](O)CN3CCN(c4ccccc4)CC3)c2cc1C. The third-order valence-corrected chi connectivity index (χ3v) is 5.61. The Hall–Kier alpha value is -2.37. The first kappa shape index (κ1) is 18.0. The topological polar surface area (TPSA) is 44.5 Å². The van der Waals surface area contributed by atoms with Gasteiger partial charge >= 0.3 is 0 Å². The molecule has 0 aliphatic carbocycles. The van der Waals surface area contributed by atoms with Crippen LogP contribution in [0.2, 0.25) is 0 Å². The number of nitrogens with zero attached hydrogens (tertiary/aromatic N) is 4. The van der Waals surface area contributed by atoms with Crippen molar-refractivity contribution in [2.24, 2.45) is 0 Å². The van der Waals surface area contributed by atoms with Crippen molar-refractivity contribution in [2.75, 3.05) is 37.6 Å². The fourth-order valence-corrected chi connectivity index (χ4v) is 3.87. The zero-order chi connectivity index (χ0) is 18.8. The second-order valence-corrected chi connectivity index (χ2v) is 7.60. The highest BCUT2D eigenvalue weighted by Crippen LogP contribution is 2.19. The number of hydrogen-bond donors (Lipinski definition) is 1. The number of para-hydroxylation sites is 1. The van der Waals surface area contributed by atoms with Gasteiger partial charge in [-0.3, -0.25) is 4.90 Å². The molecule has 0 radical (unpaired) electrons. The second-order valence-electron chi connectivity index (χ2n) is 7.60. The molecule has 27 heavy (non-hydrogen) atoms. The number of imidazole rings is 1. The number of anilines is 1. The third-order valence-electron chi connectivity index (χ3n) is 5.61. The molecular weight excluding hydrogens is 336 g/mol. The van der Waals surface area contributed by atoms with E-state index in [4.69, 9.17) is 0 Å². The van der Waals surface area contributed by atoms with Crippen molar-refractivity contribution in [3.05, 3.63) is 59.9 Å². The first-order valence-corrected chi connectivity index (χ1v) is 9.72. The van der Waals surface area contributed by atoms with Crippen LogP contribution in [0.4, 0.5) is 5.69 Å². The Morgan fingerprint density at radius 3 is 2.41 bits per heavy atom. The van der Waals surface area contributed by atoms with Crippen molar-refractivity contribution in [3.63, 3.8) is 0 Å². The molecule has 1 fully saturated rings. The molecule has 1 aliphatic rings. The highest BCUT2D eigenvalue weighted by molar-refractivity contribution is 5.77. The molecule has 3 aromatic rings. The Morgan fingerprint density at radius 1 is 0.963 bits per heavy atom. The molecule has 142 valence electrons. The minimum Gasteiger partial charge on any atom is -0.390 e. The molecule has 1 aliphatic heterocycles. The molecule has 5 nitrogen and oxygen atoms in total. The normalized spacial score (nSPS) is 16.8. The fourth-order valence-electron chi connectivity index (χ4n) is 3.87. The minimum absolute atomic E-state index is 0.396. The van der Waals surface area contributed by atoms with E-state index in [1.54, 1.807) is 0 Å². The predicted molar refractivity (Wildman–Crippen MR) is 110 cm³/mol. The standard InChI is InChI=1S/C22H28N4O/c1-17-12-21-22(13-18(17)2)26(16-23-21)15-20(27)14-24-8-10-25(11-9-24)19-6-4-3-5-7-19/h3-7,12-13,16,20,27H,8-11,14-15H2,1-2H3/t20-/m1/s1. The van der Waals surface area contributed by atoms with Gasteiger partial charge in [0.15, 0.2) is 0 Å². The molecule has 0 spiro atoms. The molecule has 0 saturated carbocycles. The van der Waals surface area contributed by atoms with Crippen molar-refractivity contribution >= 4 is 16.7 Å². The molecule has 1 N–H and O–H groups in total. The van der Waals surface area contributed by atoms with Crippen LogP contribution in [-0.4, -0.2) is 58.4 Å². The Morgan fingerprint density at radius 2 is 1.67 bits per heavy atom. The van der Waals surface area contributed by atoms with Gasteiger partial charge in [0.2, 0.25) is 0 Å². The van der Waals surface area contributed by atoms with Gasteiger partial charge in [0.05, 0.1) is 30.0 Å². The number of aliphatic hydroxyl groups is 1. The molecule has 2 aromatic carbocycles. The number of aryl methyl sites for hydroxylation is 2. The summed E-state index contributed by atoms with van der Waals surface area (Å²) < 4.78 is 2.08. The van der Waals surface area contributed by atoms with Crippen molar-refractivity contribution < 1.29 is 5.11 Å². The average Bonchev–Trinajstić information content (AvgIpc) is 3.05. The lowest BCUT2D eigenvalue weighted by atomic mass is 10.1. The highest BCUT2D eigenvalue weighted by atomic mass is 16.3. The van der Waals surface area contributed by atoms with Crippen LogP contribution in [0.25, 0.3) is 11.0 Å². The summed E-state index contributed by atoms with van der Waals surface area (Å²) in [6.45, 7) is 9.48. The highest BCUT2D eigenvalue weighted by Gasteiger charge is 2.20. The Kier molecular flexibility index (Phi) is 5.14. The number of benzene rings is 2. The molecule has 0 unspecified atom stereocenters. The summed E-state index contributed by atoms with van der Waals surface area (Å²) >= 11 is 0. The van der Waals surface area contributed by atoms with Crippen molar-refractivity contribution in [3.8, 4) is 0 Å². The van der Waals surface area contributed by atoms with Gasteiger partial charge in [-0.2, -0.15) is 0 Å². The van der Waals surface area contributed by atoms with E-state index in [0.717, 1.165) is 37.2 Å². The van der Waals surface area contributed by atoms with Gasteiger partial charge in [-0.25, -0.2) is 4.98 Å². The van der Waals surface area contributed by atoms with Crippen LogP contribution in [0.3, 0.4) is 0 Å². The zero-order valence-corrected chi connectivity index (χ0v) is 16.2. The van der Waals surface area contributed by atoms with Crippen LogP contribution in [0.5, 0.6) is 0 Å². The summed E-state index contributed by atoms with van der Waals surface area (Å²) in [6, 6.07) is 14.9. The molecule has 2 heterocycles. The summed E-state index contributed by atoms with van der Waals surface area (Å²) in [5, 5.41) is 10.6. The lowest BCUT2D eigenvalue weighted by Crippen LogP contribution is -2.49. The predicted octanol–water partition coefficient (Wildman–Crippen LogP) is 2.84. The quantitative estimate of drug-likeness (QED) is 0.756. The van der Waals surface area contributed by atoms with Crippen molar-refractivity contribution in [2.45, 2.75) is 26.5 Å². The fraction of sp³-hybridized carbons (Fsp3) is 0.409. The van der Waals surface area contributed by atoms with Crippen LogP contribution in [0.1, 0.15) is 11.1 Å². The van der Waals surface area contributed by atoms with E-state index in [0.29, 0.717) is 13.1 Å². The van der Waals surface area contributed by atoms with Crippen molar-refractivity contribution in [1.82, 2.24) is 14.5 Å². The van der Waals surface area contributed by atoms with E-state index in [-0.39, 0.29) is 0 Å². The van der Waals surface area contributed by atoms with Gasteiger partial charge in [0.25, 0.3) is 0 Å². The largest absolute Gasteiger partial charge is 0.390 e. The molecule has 4 rings (SSSR count). The maximum Gasteiger partial charge on any atom is 0.0959 e. The van der Waals surface area contributed by atoms with Gasteiger partial charge in [0, 0.05) is 38.4 Å². The number of piperazine rings is 1. The third kappa shape index (κ3) is 3.99. The van der Waals surface area contributed by atoms with E-state index in [9.17, 15) is 5.11 Å². The summed E-state index contributed by atoms with van der Waals surface area (Å²) in [4.78, 5) is 9.27. The lowest BCUT2D eigenvalue weighted by molar-refractivity contribution is 0.0959. The average molecular weight is 364 g/mol. The van der Waals surface area contributed by atoms with E-state index < -0.39 is 6.10 Å². The van der Waals surface area contributed by atoms with Crippen LogP contribution >= 0.6 is 0 Å². The molecule has 0 bridgehead atoms. The van der Waals surface area contributed by atoms with E-state index in [1.165, 1.54) is 16.8 Å². The van der Waals surface area contributed by atoms with E-state index in [2.05, 4.69) is 75.7 Å². The van der Waals surface area contributed by atoms with Crippen molar-refractivity contribution in [1.29, 1.82) is 0 Å². The minimum atomic E-state index is -0.396. The van der Waals surface area contributed by atoms with Crippen LogP contribution in [0, 0.1) is 13.8 Å². The molecular formula is C22H28N4O. The number of fused-ring (bicyclic) bond motifs is 1. The van der Waals surface area contributed by atoms with Crippen LogP contribution < -0.4 is 4.90 Å². The van der Waals surface area contributed by atoms with Crippen LogP contribution in [0.15, 0.2) is 48.8 Å². The second kappa shape index (κ2) is 7.71.